The van der Waals surface area contributed by atoms with E-state index in [1.165, 1.54) is 0 Å². The van der Waals surface area contributed by atoms with Gasteiger partial charge in [-0.15, -0.1) is 0 Å². The largest absolute Gasteiger partial charge is 0.495 e. The summed E-state index contributed by atoms with van der Waals surface area (Å²) >= 11 is 0. The molecule has 1 amide bonds. The van der Waals surface area contributed by atoms with E-state index in [0.29, 0.717) is 41.2 Å². The first-order valence-electron chi connectivity index (χ1n) is 8.33. The molecule has 0 radical (unpaired) electrons. The fourth-order valence-electron chi connectivity index (χ4n) is 3.40. The Bertz CT molecular complexity index is 861. The van der Waals surface area contributed by atoms with E-state index in [-0.39, 0.29) is 22.9 Å². The lowest BCUT2D eigenvalue weighted by Gasteiger charge is -2.27. The minimum absolute atomic E-state index is 0.0414. The molecular formula is C20H23NO4. The zero-order chi connectivity index (χ0) is 18.4. The summed E-state index contributed by atoms with van der Waals surface area (Å²) in [5.74, 6) is 1.05. The maximum Gasteiger partial charge on any atom is 0.291 e. The van der Waals surface area contributed by atoms with E-state index in [4.69, 9.17) is 9.15 Å². The molecule has 0 aliphatic heterocycles. The summed E-state index contributed by atoms with van der Waals surface area (Å²) in [4.78, 5) is 25.2. The van der Waals surface area contributed by atoms with E-state index in [1.807, 2.05) is 32.9 Å². The number of fused-ring (bicyclic) bond motifs is 1. The van der Waals surface area contributed by atoms with E-state index in [0.717, 1.165) is 5.56 Å². The van der Waals surface area contributed by atoms with Crippen molar-refractivity contribution in [2.24, 2.45) is 5.41 Å². The zero-order valence-electron chi connectivity index (χ0n) is 15.3. The number of rotatable bonds is 3. The molecule has 0 saturated carbocycles. The third-order valence-corrected chi connectivity index (χ3v) is 4.59. The van der Waals surface area contributed by atoms with E-state index < -0.39 is 0 Å². The van der Waals surface area contributed by atoms with E-state index in [1.54, 1.807) is 20.1 Å². The Morgan fingerprint density at radius 3 is 2.64 bits per heavy atom. The van der Waals surface area contributed by atoms with Crippen molar-refractivity contribution in [2.45, 2.75) is 40.5 Å². The smallest absolute Gasteiger partial charge is 0.291 e. The predicted molar refractivity (Wildman–Crippen MR) is 95.6 cm³/mol. The van der Waals surface area contributed by atoms with Crippen molar-refractivity contribution in [3.63, 3.8) is 0 Å². The molecule has 25 heavy (non-hydrogen) atoms. The van der Waals surface area contributed by atoms with Crippen LogP contribution in [0.4, 0.5) is 5.69 Å². The molecule has 1 aromatic heterocycles. The third kappa shape index (κ3) is 3.18. The van der Waals surface area contributed by atoms with Crippen LogP contribution in [-0.4, -0.2) is 18.8 Å². The lowest BCUT2D eigenvalue weighted by Crippen LogP contribution is -2.26. The van der Waals surface area contributed by atoms with Crippen LogP contribution in [0.1, 0.15) is 58.1 Å². The van der Waals surface area contributed by atoms with Gasteiger partial charge >= 0.3 is 0 Å². The summed E-state index contributed by atoms with van der Waals surface area (Å²) in [5, 5.41) is 2.84. The Balaban J connectivity index is 1.95. The minimum Gasteiger partial charge on any atom is -0.495 e. The van der Waals surface area contributed by atoms with Crippen LogP contribution in [0.15, 0.2) is 22.6 Å². The predicted octanol–water partition coefficient (Wildman–Crippen LogP) is 4.31. The van der Waals surface area contributed by atoms with Crippen LogP contribution in [0.2, 0.25) is 0 Å². The number of aryl methyl sites for hydroxylation is 1. The van der Waals surface area contributed by atoms with Crippen LogP contribution in [-0.2, 0) is 6.42 Å². The van der Waals surface area contributed by atoms with Crippen LogP contribution in [0.3, 0.4) is 0 Å². The number of ketones is 1. The van der Waals surface area contributed by atoms with Gasteiger partial charge in [-0.3, -0.25) is 9.59 Å². The van der Waals surface area contributed by atoms with Gasteiger partial charge in [0.1, 0.15) is 11.5 Å². The number of anilines is 1. The van der Waals surface area contributed by atoms with Gasteiger partial charge in [-0.1, -0.05) is 19.9 Å². The van der Waals surface area contributed by atoms with Crippen LogP contribution >= 0.6 is 0 Å². The number of furan rings is 1. The lowest BCUT2D eigenvalue weighted by atomic mass is 9.76. The molecule has 0 bridgehead atoms. The van der Waals surface area contributed by atoms with Crippen LogP contribution in [0.25, 0.3) is 0 Å². The Kier molecular flexibility index (Phi) is 4.19. The fraction of sp³-hybridized carbons (Fsp3) is 0.400. The molecule has 1 aromatic carbocycles. The molecule has 3 rings (SSSR count). The van der Waals surface area contributed by atoms with Crippen LogP contribution in [0.5, 0.6) is 5.75 Å². The van der Waals surface area contributed by atoms with Crippen molar-refractivity contribution < 1.29 is 18.7 Å². The maximum atomic E-state index is 12.7. The number of methoxy groups -OCH3 is 1. The SMILES string of the molecule is COc1ccc(C)cc1NC(=O)c1oc2c(c1C)C(=O)CC(C)(C)C2. The first kappa shape index (κ1) is 17.3. The van der Waals surface area contributed by atoms with Gasteiger partial charge in [-0.25, -0.2) is 0 Å². The maximum absolute atomic E-state index is 12.7. The van der Waals surface area contributed by atoms with Crippen molar-refractivity contribution >= 4 is 17.4 Å². The average molecular weight is 341 g/mol. The Morgan fingerprint density at radius 1 is 1.24 bits per heavy atom. The second kappa shape index (κ2) is 6.06. The third-order valence-electron chi connectivity index (χ3n) is 4.59. The molecule has 0 unspecified atom stereocenters. The molecule has 1 N–H and O–H groups in total. The molecule has 132 valence electrons. The topological polar surface area (TPSA) is 68.5 Å². The minimum atomic E-state index is -0.374. The highest BCUT2D eigenvalue weighted by Crippen LogP contribution is 2.38. The molecule has 2 aromatic rings. The summed E-state index contributed by atoms with van der Waals surface area (Å²) in [6.07, 6.45) is 1.11. The number of hydrogen-bond acceptors (Lipinski definition) is 4. The highest BCUT2D eigenvalue weighted by molar-refractivity contribution is 6.08. The second-order valence-corrected chi connectivity index (χ2v) is 7.45. The molecule has 5 nitrogen and oxygen atoms in total. The number of nitrogens with one attached hydrogen (secondary N) is 1. The Hall–Kier alpha value is -2.56. The van der Waals surface area contributed by atoms with E-state index in [2.05, 4.69) is 5.32 Å². The number of amides is 1. The highest BCUT2D eigenvalue weighted by Gasteiger charge is 2.37. The standard InChI is InChI=1S/C20H23NO4/c1-11-6-7-15(24-5)13(8-11)21-19(23)18-12(2)17-14(22)9-20(3,4)10-16(17)25-18/h6-8H,9-10H2,1-5H3,(H,21,23). The fourth-order valence-corrected chi connectivity index (χ4v) is 3.40. The lowest BCUT2D eigenvalue weighted by molar-refractivity contribution is 0.0898. The monoisotopic (exact) mass is 341 g/mol. The van der Waals surface area contributed by atoms with Gasteiger partial charge < -0.3 is 14.5 Å². The summed E-state index contributed by atoms with van der Waals surface area (Å²) in [5.41, 5.74) is 2.61. The van der Waals surface area contributed by atoms with Gasteiger partial charge in [0.2, 0.25) is 0 Å². The van der Waals surface area contributed by atoms with Gasteiger partial charge in [-0.05, 0) is 37.0 Å². The summed E-state index contributed by atoms with van der Waals surface area (Å²) in [6.45, 7) is 7.76. The number of ether oxygens (including phenoxy) is 1. The molecule has 1 aliphatic carbocycles. The van der Waals surface area contributed by atoms with Gasteiger partial charge in [0, 0.05) is 18.4 Å². The van der Waals surface area contributed by atoms with E-state index >= 15 is 0 Å². The quantitative estimate of drug-likeness (QED) is 0.903. The molecule has 1 heterocycles. The van der Waals surface area contributed by atoms with Crippen molar-refractivity contribution in [3.05, 3.63) is 46.4 Å². The molecule has 0 spiro atoms. The molecule has 1 aliphatic rings. The number of hydrogen-bond donors (Lipinski definition) is 1. The van der Waals surface area contributed by atoms with Crippen molar-refractivity contribution in [2.75, 3.05) is 12.4 Å². The number of benzene rings is 1. The van der Waals surface area contributed by atoms with Gasteiger partial charge in [0.05, 0.1) is 18.4 Å². The molecule has 5 heteroatoms. The molecule has 0 atom stereocenters. The summed E-state index contributed by atoms with van der Waals surface area (Å²) in [6, 6.07) is 5.55. The molecular weight excluding hydrogens is 318 g/mol. The first-order valence-corrected chi connectivity index (χ1v) is 8.33. The molecule has 0 fully saturated rings. The normalized spacial score (nSPS) is 15.6. The van der Waals surface area contributed by atoms with Gasteiger partial charge in [0.25, 0.3) is 5.91 Å². The van der Waals surface area contributed by atoms with Crippen molar-refractivity contribution in [1.82, 2.24) is 0 Å². The number of carbonyl (C=O) groups is 2. The number of carbonyl (C=O) groups excluding carboxylic acids is 2. The van der Waals surface area contributed by atoms with E-state index in [9.17, 15) is 9.59 Å². The number of Topliss-reactive ketones (excluding diaryl/α,β-unsaturated/α-hetero) is 1. The average Bonchev–Trinajstić information content (AvgIpc) is 2.83. The Morgan fingerprint density at radius 2 is 1.96 bits per heavy atom. The summed E-state index contributed by atoms with van der Waals surface area (Å²) in [7, 11) is 1.55. The van der Waals surface area contributed by atoms with Gasteiger partial charge in [-0.2, -0.15) is 0 Å². The van der Waals surface area contributed by atoms with Crippen LogP contribution < -0.4 is 10.1 Å². The Labute approximate surface area is 147 Å². The second-order valence-electron chi connectivity index (χ2n) is 7.45. The highest BCUT2D eigenvalue weighted by atomic mass is 16.5. The van der Waals surface area contributed by atoms with Crippen LogP contribution in [0, 0.1) is 19.3 Å². The van der Waals surface area contributed by atoms with Crippen molar-refractivity contribution in [3.8, 4) is 5.75 Å². The van der Waals surface area contributed by atoms with Gasteiger partial charge in [0.15, 0.2) is 11.5 Å². The summed E-state index contributed by atoms with van der Waals surface area (Å²) < 4.78 is 11.1. The van der Waals surface area contributed by atoms with Crippen molar-refractivity contribution in [1.29, 1.82) is 0 Å². The zero-order valence-corrected chi connectivity index (χ0v) is 15.3. The molecule has 0 saturated heterocycles. The first-order chi connectivity index (χ1) is 11.7.